The molecular weight excluding hydrogens is 223 g/mol. The molecule has 0 saturated heterocycles. The minimum Gasteiger partial charge on any atom is -0.292 e. The molecule has 0 heterocycles. The first-order valence-electron chi connectivity index (χ1n) is 4.08. The molecule has 0 bridgehead atoms. The Morgan fingerprint density at radius 3 is 1.57 bits per heavy atom. The highest BCUT2D eigenvalue weighted by Gasteiger charge is 2.38. The van der Waals surface area contributed by atoms with E-state index < -0.39 is 10.8 Å². The number of fused-ring (bicyclic) bond motifs is 1. The molecule has 4 heteroatoms. The van der Waals surface area contributed by atoms with Gasteiger partial charge in [-0.1, -0.05) is 24.3 Å². The summed E-state index contributed by atoms with van der Waals surface area (Å²) < 4.78 is 0. The van der Waals surface area contributed by atoms with Gasteiger partial charge in [-0.05, 0) is 0 Å². The lowest BCUT2D eigenvalue weighted by molar-refractivity contribution is 0.0899. The highest BCUT2D eigenvalue weighted by molar-refractivity contribution is 6.48. The summed E-state index contributed by atoms with van der Waals surface area (Å²) >= 11 is 11.5. The molecule has 1 aromatic carbocycles. The average molecular weight is 229 g/mol. The molecule has 0 amide bonds. The number of halogens is 2. The standard InChI is InChI=1S/C10H6Cl2O2/c11-7-8(12)10(14)6-4-2-1-3-5(6)9(7)13/h1-4,7-8H/t7-,8-/m0/s1. The van der Waals surface area contributed by atoms with Gasteiger partial charge < -0.3 is 0 Å². The normalized spacial score (nSPS) is 26.1. The molecule has 0 aromatic heterocycles. The van der Waals surface area contributed by atoms with Crippen molar-refractivity contribution < 1.29 is 9.59 Å². The first-order chi connectivity index (χ1) is 6.63. The molecule has 0 N–H and O–H groups in total. The first kappa shape index (κ1) is 9.69. The number of Topliss-reactive ketones (excluding diaryl/α,β-unsaturated/α-hetero) is 2. The van der Waals surface area contributed by atoms with Gasteiger partial charge in [0.15, 0.2) is 11.6 Å². The average Bonchev–Trinajstić information content (AvgIpc) is 2.23. The van der Waals surface area contributed by atoms with E-state index in [2.05, 4.69) is 0 Å². The second kappa shape index (κ2) is 3.37. The summed E-state index contributed by atoms with van der Waals surface area (Å²) in [6, 6.07) is 6.58. The van der Waals surface area contributed by atoms with Crippen LogP contribution in [0.5, 0.6) is 0 Å². The molecule has 2 rings (SSSR count). The van der Waals surface area contributed by atoms with E-state index in [0.29, 0.717) is 11.1 Å². The Labute approximate surface area is 90.8 Å². The topological polar surface area (TPSA) is 34.1 Å². The van der Waals surface area contributed by atoms with Crippen LogP contribution in [0.4, 0.5) is 0 Å². The Morgan fingerprint density at radius 2 is 1.21 bits per heavy atom. The van der Waals surface area contributed by atoms with E-state index in [1.54, 1.807) is 24.3 Å². The molecule has 0 aliphatic heterocycles. The zero-order valence-corrected chi connectivity index (χ0v) is 8.55. The number of carbonyl (C=O) groups is 2. The van der Waals surface area contributed by atoms with Gasteiger partial charge in [-0.15, -0.1) is 23.2 Å². The van der Waals surface area contributed by atoms with Crippen molar-refractivity contribution in [2.45, 2.75) is 10.8 Å². The smallest absolute Gasteiger partial charge is 0.183 e. The van der Waals surface area contributed by atoms with Gasteiger partial charge in [0.05, 0.1) is 0 Å². The third-order valence-electron chi connectivity index (χ3n) is 2.22. The molecule has 0 spiro atoms. The van der Waals surface area contributed by atoms with Crippen LogP contribution in [0.15, 0.2) is 24.3 Å². The van der Waals surface area contributed by atoms with E-state index in [1.807, 2.05) is 0 Å². The van der Waals surface area contributed by atoms with Crippen LogP contribution in [0.3, 0.4) is 0 Å². The number of rotatable bonds is 0. The summed E-state index contributed by atoms with van der Waals surface area (Å²) in [7, 11) is 0. The maximum absolute atomic E-state index is 11.6. The largest absolute Gasteiger partial charge is 0.292 e. The molecule has 1 aliphatic rings. The lowest BCUT2D eigenvalue weighted by atomic mass is 9.89. The van der Waals surface area contributed by atoms with Gasteiger partial charge in [0.2, 0.25) is 0 Å². The van der Waals surface area contributed by atoms with Crippen molar-refractivity contribution in [3.8, 4) is 0 Å². The summed E-state index contributed by atoms with van der Waals surface area (Å²) in [6.45, 7) is 0. The third-order valence-corrected chi connectivity index (χ3v) is 3.25. The Morgan fingerprint density at radius 1 is 0.857 bits per heavy atom. The van der Waals surface area contributed by atoms with Gasteiger partial charge in [0.25, 0.3) is 0 Å². The minimum absolute atomic E-state index is 0.276. The second-order valence-corrected chi connectivity index (χ2v) is 4.02. The van der Waals surface area contributed by atoms with Crippen LogP contribution in [-0.4, -0.2) is 22.3 Å². The quantitative estimate of drug-likeness (QED) is 0.639. The van der Waals surface area contributed by atoms with Gasteiger partial charge in [-0.25, -0.2) is 0 Å². The molecule has 72 valence electrons. The van der Waals surface area contributed by atoms with Crippen molar-refractivity contribution >= 4 is 34.8 Å². The highest BCUT2D eigenvalue weighted by Crippen LogP contribution is 2.27. The fourth-order valence-corrected chi connectivity index (χ4v) is 1.94. The molecule has 2 atom stereocenters. The molecule has 0 fully saturated rings. The molecule has 14 heavy (non-hydrogen) atoms. The number of hydrogen-bond donors (Lipinski definition) is 0. The Kier molecular flexibility index (Phi) is 2.33. The predicted octanol–water partition coefficient (Wildman–Crippen LogP) is 2.28. The van der Waals surface area contributed by atoms with Crippen LogP contribution in [0.2, 0.25) is 0 Å². The summed E-state index contributed by atoms with van der Waals surface area (Å²) in [4.78, 5) is 23.2. The number of hydrogen-bond acceptors (Lipinski definition) is 2. The lowest BCUT2D eigenvalue weighted by Gasteiger charge is -2.21. The maximum Gasteiger partial charge on any atom is 0.183 e. The van der Waals surface area contributed by atoms with Crippen LogP contribution in [0, 0.1) is 0 Å². The van der Waals surface area contributed by atoms with Crippen LogP contribution in [0.1, 0.15) is 20.7 Å². The van der Waals surface area contributed by atoms with Crippen LogP contribution >= 0.6 is 23.2 Å². The number of alkyl halides is 2. The third kappa shape index (κ3) is 1.26. The van der Waals surface area contributed by atoms with E-state index in [0.717, 1.165) is 0 Å². The predicted molar refractivity (Wildman–Crippen MR) is 54.4 cm³/mol. The van der Waals surface area contributed by atoms with E-state index in [-0.39, 0.29) is 11.6 Å². The van der Waals surface area contributed by atoms with Crippen molar-refractivity contribution in [3.05, 3.63) is 35.4 Å². The van der Waals surface area contributed by atoms with Crippen molar-refractivity contribution in [1.82, 2.24) is 0 Å². The molecule has 1 aromatic rings. The lowest BCUT2D eigenvalue weighted by Crippen LogP contribution is -2.38. The van der Waals surface area contributed by atoms with Gasteiger partial charge >= 0.3 is 0 Å². The van der Waals surface area contributed by atoms with Crippen LogP contribution in [0.25, 0.3) is 0 Å². The van der Waals surface area contributed by atoms with E-state index >= 15 is 0 Å². The van der Waals surface area contributed by atoms with Gasteiger partial charge in [-0.2, -0.15) is 0 Å². The highest BCUT2D eigenvalue weighted by atomic mass is 35.5. The Hall–Kier alpha value is -0.860. The molecule has 2 nitrogen and oxygen atoms in total. The molecule has 1 aliphatic carbocycles. The van der Waals surface area contributed by atoms with Gasteiger partial charge in [0.1, 0.15) is 10.8 Å². The number of carbonyl (C=O) groups excluding carboxylic acids is 2. The fourth-order valence-electron chi connectivity index (χ4n) is 1.48. The van der Waals surface area contributed by atoms with Gasteiger partial charge in [0, 0.05) is 11.1 Å². The van der Waals surface area contributed by atoms with E-state index in [9.17, 15) is 9.59 Å². The maximum atomic E-state index is 11.6. The summed E-state index contributed by atoms with van der Waals surface area (Å²) in [5.41, 5.74) is 0.740. The number of ketones is 2. The SMILES string of the molecule is O=C1c2ccccc2C(=O)[C@@H](Cl)[C@@H]1Cl. The minimum atomic E-state index is -0.945. The second-order valence-electron chi connectivity index (χ2n) is 3.08. The molecule has 0 radical (unpaired) electrons. The Bertz CT molecular complexity index is 375. The first-order valence-corrected chi connectivity index (χ1v) is 4.96. The van der Waals surface area contributed by atoms with Crippen molar-refractivity contribution in [2.24, 2.45) is 0 Å². The molecule has 0 saturated carbocycles. The molecule has 0 unspecified atom stereocenters. The fraction of sp³-hybridized carbons (Fsp3) is 0.200. The summed E-state index contributed by atoms with van der Waals surface area (Å²) in [5.74, 6) is -0.552. The van der Waals surface area contributed by atoms with Crippen LogP contribution in [-0.2, 0) is 0 Å². The monoisotopic (exact) mass is 228 g/mol. The van der Waals surface area contributed by atoms with Crippen molar-refractivity contribution in [3.63, 3.8) is 0 Å². The van der Waals surface area contributed by atoms with E-state index in [4.69, 9.17) is 23.2 Å². The zero-order chi connectivity index (χ0) is 10.3. The zero-order valence-electron chi connectivity index (χ0n) is 7.04. The van der Waals surface area contributed by atoms with E-state index in [1.165, 1.54) is 0 Å². The van der Waals surface area contributed by atoms with Crippen molar-refractivity contribution in [2.75, 3.05) is 0 Å². The molecular formula is C10H6Cl2O2. The van der Waals surface area contributed by atoms with Gasteiger partial charge in [-0.3, -0.25) is 9.59 Å². The summed E-state index contributed by atoms with van der Waals surface area (Å²) in [5, 5.41) is -1.89. The van der Waals surface area contributed by atoms with Crippen molar-refractivity contribution in [1.29, 1.82) is 0 Å². The van der Waals surface area contributed by atoms with Crippen LogP contribution < -0.4 is 0 Å². The summed E-state index contributed by atoms with van der Waals surface area (Å²) in [6.07, 6.45) is 0. The Balaban J connectivity index is 2.62. The number of benzene rings is 1.